The molecule has 0 spiro atoms. The second-order valence-electron chi connectivity index (χ2n) is 6.31. The number of anilines is 1. The van der Waals surface area contributed by atoms with Gasteiger partial charge in [0.25, 0.3) is 0 Å². The Morgan fingerprint density at radius 1 is 1.26 bits per heavy atom. The maximum Gasteiger partial charge on any atom is 0.240 e. The zero-order valence-electron chi connectivity index (χ0n) is 14.9. The summed E-state index contributed by atoms with van der Waals surface area (Å²) < 4.78 is 25.8. The molecule has 0 heterocycles. The van der Waals surface area contributed by atoms with E-state index >= 15 is 0 Å². The van der Waals surface area contributed by atoms with E-state index in [1.54, 1.807) is 0 Å². The molecule has 0 aliphatic rings. The zero-order valence-corrected chi connectivity index (χ0v) is 15.7. The number of carbonyl (C=O) groups excluding carboxylic acids is 1. The molecule has 0 aliphatic carbocycles. The average molecular weight is 340 g/mol. The topological polar surface area (TPSA) is 66.5 Å². The number of amides is 1. The quantitative estimate of drug-likeness (QED) is 0.830. The minimum absolute atomic E-state index is 0.0188. The predicted octanol–water partition coefficient (Wildman–Crippen LogP) is 2.80. The van der Waals surface area contributed by atoms with Gasteiger partial charge >= 0.3 is 0 Å². The number of nitrogens with zero attached hydrogens (tertiary/aromatic N) is 1. The standard InChI is InChI=1S/C17H28N2O3S/c1-7-14(5)18-16(20)11-19(23(6,21)22)17-13(4)9-8-10-15(17)12(2)3/h8-10,12,14H,7,11H2,1-6H3,(H,18,20). The molecule has 0 radical (unpaired) electrons. The molecule has 23 heavy (non-hydrogen) atoms. The average Bonchev–Trinajstić information content (AvgIpc) is 2.43. The van der Waals surface area contributed by atoms with Gasteiger partial charge in [-0.15, -0.1) is 0 Å². The summed E-state index contributed by atoms with van der Waals surface area (Å²) in [5, 5.41) is 2.82. The summed E-state index contributed by atoms with van der Waals surface area (Å²) in [6.45, 7) is 9.56. The normalized spacial score (nSPS) is 13.0. The van der Waals surface area contributed by atoms with E-state index in [-0.39, 0.29) is 24.4 Å². The first kappa shape index (κ1) is 19.5. The zero-order chi connectivity index (χ0) is 17.8. The number of nitrogens with one attached hydrogen (secondary N) is 1. The Morgan fingerprint density at radius 3 is 2.35 bits per heavy atom. The predicted molar refractivity (Wildman–Crippen MR) is 95.4 cm³/mol. The molecule has 1 aromatic carbocycles. The third kappa shape index (κ3) is 5.23. The Bertz CT molecular complexity index is 654. The lowest BCUT2D eigenvalue weighted by Crippen LogP contribution is -2.43. The van der Waals surface area contributed by atoms with E-state index in [1.165, 1.54) is 4.31 Å². The molecule has 1 aromatic rings. The van der Waals surface area contributed by atoms with E-state index in [2.05, 4.69) is 5.32 Å². The third-order valence-electron chi connectivity index (χ3n) is 3.85. The summed E-state index contributed by atoms with van der Waals surface area (Å²) in [5.74, 6) is -0.130. The summed E-state index contributed by atoms with van der Waals surface area (Å²) in [6.07, 6.45) is 1.94. The van der Waals surface area contributed by atoms with E-state index in [4.69, 9.17) is 0 Å². The molecule has 0 saturated heterocycles. The first-order valence-electron chi connectivity index (χ1n) is 7.94. The largest absolute Gasteiger partial charge is 0.352 e. The fourth-order valence-electron chi connectivity index (χ4n) is 2.40. The van der Waals surface area contributed by atoms with Crippen LogP contribution in [0.4, 0.5) is 5.69 Å². The summed E-state index contributed by atoms with van der Waals surface area (Å²) in [4.78, 5) is 12.2. The first-order chi connectivity index (χ1) is 10.6. The van der Waals surface area contributed by atoms with Crippen LogP contribution in [-0.2, 0) is 14.8 Å². The van der Waals surface area contributed by atoms with Crippen LogP contribution < -0.4 is 9.62 Å². The summed E-state index contributed by atoms with van der Waals surface area (Å²) >= 11 is 0. The van der Waals surface area contributed by atoms with Crippen molar-refractivity contribution in [1.82, 2.24) is 5.32 Å². The van der Waals surface area contributed by atoms with Crippen LogP contribution in [0.25, 0.3) is 0 Å². The van der Waals surface area contributed by atoms with Gasteiger partial charge in [0, 0.05) is 6.04 Å². The van der Waals surface area contributed by atoms with E-state index in [9.17, 15) is 13.2 Å². The van der Waals surface area contributed by atoms with Gasteiger partial charge < -0.3 is 5.32 Å². The van der Waals surface area contributed by atoms with Gasteiger partial charge in [0.1, 0.15) is 6.54 Å². The number of hydrogen-bond donors (Lipinski definition) is 1. The molecule has 0 saturated carbocycles. The minimum Gasteiger partial charge on any atom is -0.352 e. The van der Waals surface area contributed by atoms with Crippen LogP contribution in [0.1, 0.15) is 51.2 Å². The monoisotopic (exact) mass is 340 g/mol. The van der Waals surface area contributed by atoms with Crippen molar-refractivity contribution in [2.75, 3.05) is 17.1 Å². The van der Waals surface area contributed by atoms with E-state index in [0.717, 1.165) is 23.8 Å². The van der Waals surface area contributed by atoms with Crippen LogP contribution in [0.15, 0.2) is 18.2 Å². The van der Waals surface area contributed by atoms with Crippen molar-refractivity contribution in [2.45, 2.75) is 53.0 Å². The molecule has 1 atom stereocenters. The van der Waals surface area contributed by atoms with Gasteiger partial charge in [0.05, 0.1) is 11.9 Å². The number of carbonyl (C=O) groups is 1. The number of benzene rings is 1. The maximum absolute atomic E-state index is 12.3. The van der Waals surface area contributed by atoms with E-state index in [1.807, 2.05) is 52.8 Å². The van der Waals surface area contributed by atoms with Crippen molar-refractivity contribution in [3.8, 4) is 0 Å². The lowest BCUT2D eigenvalue weighted by molar-refractivity contribution is -0.120. The highest BCUT2D eigenvalue weighted by Crippen LogP contribution is 2.32. The van der Waals surface area contributed by atoms with Crippen molar-refractivity contribution < 1.29 is 13.2 Å². The molecule has 130 valence electrons. The van der Waals surface area contributed by atoms with Gasteiger partial charge in [-0.25, -0.2) is 8.42 Å². The molecule has 5 nitrogen and oxygen atoms in total. The van der Waals surface area contributed by atoms with Crippen LogP contribution >= 0.6 is 0 Å². The van der Waals surface area contributed by atoms with Gasteiger partial charge in [-0.05, 0) is 37.3 Å². The van der Waals surface area contributed by atoms with Crippen molar-refractivity contribution in [1.29, 1.82) is 0 Å². The van der Waals surface area contributed by atoms with Crippen LogP contribution in [0.5, 0.6) is 0 Å². The molecule has 0 aromatic heterocycles. The van der Waals surface area contributed by atoms with Crippen molar-refractivity contribution >= 4 is 21.6 Å². The SMILES string of the molecule is CCC(C)NC(=O)CN(c1c(C)cccc1C(C)C)S(C)(=O)=O. The fourth-order valence-corrected chi connectivity index (χ4v) is 3.34. The second kappa shape index (κ2) is 7.81. The van der Waals surface area contributed by atoms with Crippen LogP contribution in [-0.4, -0.2) is 33.2 Å². The lowest BCUT2D eigenvalue weighted by Gasteiger charge is -2.28. The fraction of sp³-hybridized carbons (Fsp3) is 0.588. The highest BCUT2D eigenvalue weighted by Gasteiger charge is 2.25. The highest BCUT2D eigenvalue weighted by molar-refractivity contribution is 7.92. The summed E-state index contributed by atoms with van der Waals surface area (Å²) in [7, 11) is -3.56. The summed E-state index contributed by atoms with van der Waals surface area (Å²) in [5.41, 5.74) is 2.38. The highest BCUT2D eigenvalue weighted by atomic mass is 32.2. The first-order valence-corrected chi connectivity index (χ1v) is 9.79. The number of para-hydroxylation sites is 1. The number of rotatable bonds is 7. The van der Waals surface area contributed by atoms with Crippen molar-refractivity contribution in [3.63, 3.8) is 0 Å². The lowest BCUT2D eigenvalue weighted by atomic mass is 9.98. The molecule has 1 rings (SSSR count). The maximum atomic E-state index is 12.3. The van der Waals surface area contributed by atoms with Gasteiger partial charge in [0.15, 0.2) is 0 Å². The van der Waals surface area contributed by atoms with Crippen molar-refractivity contribution in [3.05, 3.63) is 29.3 Å². The van der Waals surface area contributed by atoms with Gasteiger partial charge in [-0.3, -0.25) is 9.10 Å². The smallest absolute Gasteiger partial charge is 0.240 e. The van der Waals surface area contributed by atoms with Crippen LogP contribution in [0, 0.1) is 6.92 Å². The minimum atomic E-state index is -3.56. The van der Waals surface area contributed by atoms with Gasteiger partial charge in [0.2, 0.25) is 15.9 Å². The van der Waals surface area contributed by atoms with E-state index < -0.39 is 10.0 Å². The molecule has 0 fully saturated rings. The van der Waals surface area contributed by atoms with Gasteiger partial charge in [-0.1, -0.05) is 39.0 Å². The summed E-state index contributed by atoms with van der Waals surface area (Å²) in [6, 6.07) is 5.71. The second-order valence-corrected chi connectivity index (χ2v) is 8.22. The van der Waals surface area contributed by atoms with Crippen molar-refractivity contribution in [2.24, 2.45) is 0 Å². The van der Waals surface area contributed by atoms with Crippen LogP contribution in [0.3, 0.4) is 0 Å². The number of aryl methyl sites for hydroxylation is 1. The molecular formula is C17H28N2O3S. The Labute approximate surface area is 140 Å². The molecule has 1 N–H and O–H groups in total. The molecule has 1 unspecified atom stereocenters. The molecular weight excluding hydrogens is 312 g/mol. The molecule has 0 bridgehead atoms. The van der Waals surface area contributed by atoms with Gasteiger partial charge in [-0.2, -0.15) is 0 Å². The Hall–Kier alpha value is -1.56. The van der Waals surface area contributed by atoms with Crippen LogP contribution in [0.2, 0.25) is 0 Å². The Morgan fingerprint density at radius 2 is 1.87 bits per heavy atom. The Kier molecular flexibility index (Phi) is 6.62. The molecule has 6 heteroatoms. The van der Waals surface area contributed by atoms with E-state index in [0.29, 0.717) is 5.69 Å². The Balaban J connectivity index is 3.27. The third-order valence-corrected chi connectivity index (χ3v) is 4.96. The molecule has 1 amide bonds. The number of sulfonamides is 1. The number of hydrogen-bond acceptors (Lipinski definition) is 3. The molecule has 0 aliphatic heterocycles.